The summed E-state index contributed by atoms with van der Waals surface area (Å²) in [5.74, 6) is 1.13. The molecule has 156 valence electrons. The number of likely N-dealkylation sites (tertiary alicyclic amines) is 2. The fourth-order valence-electron chi connectivity index (χ4n) is 4.94. The van der Waals surface area contributed by atoms with Gasteiger partial charge in [0.1, 0.15) is 0 Å². The standard InChI is InChI=1S/C22H41N3O2/c1-7-25(18(4)5)21(27)24-12-8-19(9-13-24)20(26)23-14-10-22(6,11-15-23)16-17(2)3/h17-19H,7-16H2,1-6H3. The Hall–Kier alpha value is -1.26. The van der Waals surface area contributed by atoms with E-state index >= 15 is 0 Å². The number of amides is 3. The number of hydrogen-bond acceptors (Lipinski definition) is 2. The summed E-state index contributed by atoms with van der Waals surface area (Å²) < 4.78 is 0. The molecule has 0 radical (unpaired) electrons. The molecule has 2 heterocycles. The van der Waals surface area contributed by atoms with Crippen LogP contribution in [-0.2, 0) is 4.79 Å². The Morgan fingerprint density at radius 3 is 2.00 bits per heavy atom. The monoisotopic (exact) mass is 379 g/mol. The number of piperidine rings is 2. The first-order valence-electron chi connectivity index (χ1n) is 11.0. The van der Waals surface area contributed by atoms with Gasteiger partial charge in [0.25, 0.3) is 0 Å². The van der Waals surface area contributed by atoms with Crippen LogP contribution in [0.25, 0.3) is 0 Å². The minimum absolute atomic E-state index is 0.0950. The van der Waals surface area contributed by atoms with Gasteiger partial charge in [-0.25, -0.2) is 4.79 Å². The van der Waals surface area contributed by atoms with Crippen molar-refractivity contribution in [1.29, 1.82) is 0 Å². The van der Waals surface area contributed by atoms with Crippen molar-refractivity contribution in [3.63, 3.8) is 0 Å². The molecule has 2 aliphatic heterocycles. The van der Waals surface area contributed by atoms with Crippen molar-refractivity contribution < 1.29 is 9.59 Å². The molecule has 2 rings (SSSR count). The summed E-state index contributed by atoms with van der Waals surface area (Å²) >= 11 is 0. The number of rotatable bonds is 5. The molecule has 2 fully saturated rings. The Bertz CT molecular complexity index is 502. The lowest BCUT2D eigenvalue weighted by molar-refractivity contribution is -0.139. The van der Waals surface area contributed by atoms with Crippen LogP contribution in [0.1, 0.15) is 73.6 Å². The first kappa shape index (κ1) is 22.0. The van der Waals surface area contributed by atoms with Gasteiger partial charge in [0.2, 0.25) is 5.91 Å². The molecular weight excluding hydrogens is 338 g/mol. The predicted octanol–water partition coefficient (Wildman–Crippen LogP) is 4.22. The lowest BCUT2D eigenvalue weighted by Gasteiger charge is -2.42. The van der Waals surface area contributed by atoms with Crippen LogP contribution in [0.3, 0.4) is 0 Å². The second kappa shape index (κ2) is 9.29. The second-order valence-electron chi connectivity index (χ2n) is 9.66. The van der Waals surface area contributed by atoms with Crippen LogP contribution in [0.5, 0.6) is 0 Å². The molecule has 0 N–H and O–H groups in total. The zero-order valence-electron chi connectivity index (χ0n) is 18.5. The minimum atomic E-state index is 0.0950. The van der Waals surface area contributed by atoms with Crippen LogP contribution >= 0.6 is 0 Å². The largest absolute Gasteiger partial charge is 0.342 e. The maximum atomic E-state index is 13.0. The molecule has 0 atom stereocenters. The first-order chi connectivity index (χ1) is 12.7. The fourth-order valence-corrected chi connectivity index (χ4v) is 4.94. The Morgan fingerprint density at radius 1 is 1.00 bits per heavy atom. The molecule has 0 bridgehead atoms. The molecule has 2 aliphatic rings. The molecule has 0 saturated carbocycles. The molecule has 0 unspecified atom stereocenters. The van der Waals surface area contributed by atoms with E-state index in [1.54, 1.807) is 0 Å². The summed E-state index contributed by atoms with van der Waals surface area (Å²) in [6.45, 7) is 17.0. The van der Waals surface area contributed by atoms with Crippen molar-refractivity contribution >= 4 is 11.9 Å². The molecule has 0 aromatic heterocycles. The minimum Gasteiger partial charge on any atom is -0.342 e. The Labute approximate surface area is 166 Å². The lowest BCUT2D eigenvalue weighted by atomic mass is 9.74. The summed E-state index contributed by atoms with van der Waals surface area (Å²) in [5.41, 5.74) is 0.390. The summed E-state index contributed by atoms with van der Waals surface area (Å²) in [6.07, 6.45) is 5.10. The van der Waals surface area contributed by atoms with Gasteiger partial charge in [-0.1, -0.05) is 20.8 Å². The van der Waals surface area contributed by atoms with Gasteiger partial charge in [-0.3, -0.25) is 4.79 Å². The zero-order valence-corrected chi connectivity index (χ0v) is 18.5. The maximum Gasteiger partial charge on any atom is 0.320 e. The highest BCUT2D eigenvalue weighted by Crippen LogP contribution is 2.37. The molecular formula is C22H41N3O2. The second-order valence-corrected chi connectivity index (χ2v) is 9.66. The normalized spacial score (nSPS) is 21.0. The van der Waals surface area contributed by atoms with Gasteiger partial charge >= 0.3 is 6.03 Å². The van der Waals surface area contributed by atoms with E-state index in [-0.39, 0.29) is 18.0 Å². The van der Waals surface area contributed by atoms with E-state index in [0.717, 1.165) is 45.3 Å². The third-order valence-electron chi connectivity index (χ3n) is 6.51. The average Bonchev–Trinajstić information content (AvgIpc) is 2.61. The van der Waals surface area contributed by atoms with Crippen molar-refractivity contribution in [3.8, 4) is 0 Å². The van der Waals surface area contributed by atoms with E-state index in [1.165, 1.54) is 6.42 Å². The van der Waals surface area contributed by atoms with Crippen molar-refractivity contribution in [2.45, 2.75) is 79.7 Å². The van der Waals surface area contributed by atoms with Crippen LogP contribution in [0.2, 0.25) is 0 Å². The quantitative estimate of drug-likeness (QED) is 0.718. The Morgan fingerprint density at radius 2 is 1.56 bits per heavy atom. The van der Waals surface area contributed by atoms with Crippen molar-refractivity contribution in [1.82, 2.24) is 14.7 Å². The van der Waals surface area contributed by atoms with Crippen LogP contribution in [0, 0.1) is 17.3 Å². The van der Waals surface area contributed by atoms with Gasteiger partial charge in [-0.05, 0) is 64.2 Å². The molecule has 0 aliphatic carbocycles. The highest BCUT2D eigenvalue weighted by Gasteiger charge is 2.36. The molecule has 5 nitrogen and oxygen atoms in total. The number of hydrogen-bond donors (Lipinski definition) is 0. The van der Waals surface area contributed by atoms with Gasteiger partial charge in [-0.15, -0.1) is 0 Å². The smallest absolute Gasteiger partial charge is 0.320 e. The maximum absolute atomic E-state index is 13.0. The summed E-state index contributed by atoms with van der Waals surface area (Å²) in [5, 5.41) is 0. The van der Waals surface area contributed by atoms with Crippen LogP contribution < -0.4 is 0 Å². The number of nitrogens with zero attached hydrogens (tertiary/aromatic N) is 3. The highest BCUT2D eigenvalue weighted by molar-refractivity contribution is 5.80. The Balaban J connectivity index is 1.83. The molecule has 3 amide bonds. The highest BCUT2D eigenvalue weighted by atomic mass is 16.2. The van der Waals surface area contributed by atoms with E-state index < -0.39 is 0 Å². The third-order valence-corrected chi connectivity index (χ3v) is 6.51. The topological polar surface area (TPSA) is 43.9 Å². The van der Waals surface area contributed by atoms with Gasteiger partial charge < -0.3 is 14.7 Å². The number of carbonyl (C=O) groups excluding carboxylic acids is 2. The van der Waals surface area contributed by atoms with Gasteiger partial charge in [-0.2, -0.15) is 0 Å². The van der Waals surface area contributed by atoms with Crippen LogP contribution in [0.15, 0.2) is 0 Å². The van der Waals surface area contributed by atoms with Gasteiger partial charge in [0.15, 0.2) is 0 Å². The summed E-state index contributed by atoms with van der Waals surface area (Å²) in [7, 11) is 0. The van der Waals surface area contributed by atoms with E-state index in [1.807, 2.05) is 16.7 Å². The number of carbonyl (C=O) groups is 2. The average molecular weight is 380 g/mol. The van der Waals surface area contributed by atoms with E-state index in [2.05, 4.69) is 39.5 Å². The van der Waals surface area contributed by atoms with Crippen molar-refractivity contribution in [2.75, 3.05) is 32.7 Å². The van der Waals surface area contributed by atoms with Crippen LogP contribution in [-0.4, -0.2) is 65.4 Å². The SMILES string of the molecule is CCN(C(=O)N1CCC(C(=O)N2CCC(C)(CC(C)C)CC2)CC1)C(C)C. The van der Waals surface area contributed by atoms with Crippen molar-refractivity contribution in [2.24, 2.45) is 17.3 Å². The first-order valence-corrected chi connectivity index (χ1v) is 11.0. The lowest BCUT2D eigenvalue weighted by Crippen LogP contribution is -2.51. The van der Waals surface area contributed by atoms with Crippen LogP contribution in [0.4, 0.5) is 4.79 Å². The van der Waals surface area contributed by atoms with E-state index in [4.69, 9.17) is 0 Å². The summed E-state index contributed by atoms with van der Waals surface area (Å²) in [4.78, 5) is 31.6. The van der Waals surface area contributed by atoms with Crippen molar-refractivity contribution in [3.05, 3.63) is 0 Å². The van der Waals surface area contributed by atoms with Gasteiger partial charge in [0, 0.05) is 44.7 Å². The van der Waals surface area contributed by atoms with E-state index in [9.17, 15) is 9.59 Å². The van der Waals surface area contributed by atoms with Gasteiger partial charge in [0.05, 0.1) is 0 Å². The number of urea groups is 1. The molecule has 2 saturated heterocycles. The summed E-state index contributed by atoms with van der Waals surface area (Å²) in [6, 6.07) is 0.344. The molecule has 0 spiro atoms. The molecule has 0 aromatic carbocycles. The van der Waals surface area contributed by atoms with E-state index in [0.29, 0.717) is 30.3 Å². The molecule has 0 aromatic rings. The predicted molar refractivity (Wildman–Crippen MR) is 111 cm³/mol. The molecule has 5 heteroatoms. The Kier molecular flexibility index (Phi) is 7.58. The molecule has 27 heavy (non-hydrogen) atoms. The fraction of sp³-hybridized carbons (Fsp3) is 0.909. The third kappa shape index (κ3) is 5.61. The zero-order chi connectivity index (χ0) is 20.2.